The van der Waals surface area contributed by atoms with Crippen LogP contribution in [0.1, 0.15) is 30.5 Å². The van der Waals surface area contributed by atoms with Crippen LogP contribution in [0, 0.1) is 11.3 Å². The number of benzene rings is 2. The van der Waals surface area contributed by atoms with E-state index in [1.165, 1.54) is 0 Å². The lowest BCUT2D eigenvalue weighted by molar-refractivity contribution is -0.118. The highest BCUT2D eigenvalue weighted by Gasteiger charge is 2.51. The van der Waals surface area contributed by atoms with Gasteiger partial charge >= 0.3 is 0 Å². The van der Waals surface area contributed by atoms with Gasteiger partial charge in [0.1, 0.15) is 0 Å². The fourth-order valence-electron chi connectivity index (χ4n) is 5.05. The molecule has 2 aliphatic heterocycles. The lowest BCUT2D eigenvalue weighted by atomic mass is 9.83. The van der Waals surface area contributed by atoms with Crippen LogP contribution in [-0.2, 0) is 10.3 Å². The van der Waals surface area contributed by atoms with Crippen LogP contribution in [0.3, 0.4) is 0 Å². The third-order valence-corrected chi connectivity index (χ3v) is 6.98. The van der Waals surface area contributed by atoms with E-state index in [2.05, 4.69) is 50.5 Å². The topological polar surface area (TPSA) is 93.5 Å². The SMILES string of the molecule is CCOc1ncccc1C1(Nc2ccc(N3CCN(CC)CC3)cc2)C(=O)Nc2ccc(C#N)cc21. The molecule has 2 N–H and O–H groups in total. The fraction of sp³-hybridized carbons (Fsp3) is 0.321. The number of rotatable bonds is 7. The van der Waals surface area contributed by atoms with Crippen molar-refractivity contribution in [1.29, 1.82) is 5.26 Å². The lowest BCUT2D eigenvalue weighted by Gasteiger charge is -2.36. The number of hydrogen-bond acceptors (Lipinski definition) is 7. The van der Waals surface area contributed by atoms with E-state index in [0.717, 1.165) is 44.1 Å². The van der Waals surface area contributed by atoms with E-state index in [1.807, 2.05) is 25.1 Å². The second-order valence-corrected chi connectivity index (χ2v) is 8.96. The lowest BCUT2D eigenvalue weighted by Crippen LogP contribution is -2.46. The molecule has 1 saturated heterocycles. The number of hydrogen-bond donors (Lipinski definition) is 2. The Hall–Kier alpha value is -4.09. The van der Waals surface area contributed by atoms with Crippen molar-refractivity contribution in [3.63, 3.8) is 0 Å². The molecular weight excluding hydrogens is 452 g/mol. The number of likely N-dealkylation sites (N-methyl/N-ethyl adjacent to an activating group) is 1. The average Bonchev–Trinajstić information content (AvgIpc) is 3.20. The number of fused-ring (bicyclic) bond motifs is 1. The molecule has 0 saturated carbocycles. The highest BCUT2D eigenvalue weighted by Crippen LogP contribution is 2.46. The summed E-state index contributed by atoms with van der Waals surface area (Å²) in [5.74, 6) is 0.129. The summed E-state index contributed by atoms with van der Waals surface area (Å²) in [6.45, 7) is 9.66. The molecule has 2 aromatic carbocycles. The second kappa shape index (κ2) is 9.88. The molecule has 5 rings (SSSR count). The first kappa shape index (κ1) is 23.6. The number of aromatic nitrogens is 1. The first-order valence-corrected chi connectivity index (χ1v) is 12.4. The van der Waals surface area contributed by atoms with Gasteiger partial charge in [0.25, 0.3) is 5.91 Å². The van der Waals surface area contributed by atoms with Gasteiger partial charge in [0, 0.05) is 55.0 Å². The van der Waals surface area contributed by atoms with Crippen molar-refractivity contribution < 1.29 is 9.53 Å². The van der Waals surface area contributed by atoms with Crippen LogP contribution in [-0.4, -0.2) is 55.1 Å². The number of carbonyl (C=O) groups excluding carboxylic acids is 1. The summed E-state index contributed by atoms with van der Waals surface area (Å²) >= 11 is 0. The number of nitrogens with one attached hydrogen (secondary N) is 2. The zero-order chi connectivity index (χ0) is 25.1. The third kappa shape index (κ3) is 4.12. The summed E-state index contributed by atoms with van der Waals surface area (Å²) in [6, 6.07) is 19.2. The molecule has 1 aromatic heterocycles. The minimum absolute atomic E-state index is 0.249. The molecule has 2 aliphatic rings. The van der Waals surface area contributed by atoms with Gasteiger partial charge in [-0.1, -0.05) is 6.92 Å². The smallest absolute Gasteiger partial charge is 0.259 e. The van der Waals surface area contributed by atoms with Gasteiger partial charge in [-0.3, -0.25) is 4.79 Å². The van der Waals surface area contributed by atoms with Crippen LogP contribution in [0.25, 0.3) is 0 Å². The van der Waals surface area contributed by atoms with E-state index in [-0.39, 0.29) is 5.91 Å². The Morgan fingerprint density at radius 3 is 2.56 bits per heavy atom. The molecule has 8 nitrogen and oxygen atoms in total. The average molecular weight is 483 g/mol. The van der Waals surface area contributed by atoms with Crippen LogP contribution in [0.5, 0.6) is 5.88 Å². The summed E-state index contributed by atoms with van der Waals surface area (Å²) in [4.78, 5) is 23.0. The van der Waals surface area contributed by atoms with E-state index >= 15 is 0 Å². The monoisotopic (exact) mass is 482 g/mol. The minimum Gasteiger partial charge on any atom is -0.478 e. The molecule has 184 valence electrons. The summed E-state index contributed by atoms with van der Waals surface area (Å²) in [5, 5.41) is 16.1. The number of pyridine rings is 1. The fourth-order valence-corrected chi connectivity index (χ4v) is 5.05. The Bertz CT molecular complexity index is 1290. The second-order valence-electron chi connectivity index (χ2n) is 8.96. The van der Waals surface area contributed by atoms with E-state index in [1.54, 1.807) is 30.5 Å². The van der Waals surface area contributed by atoms with Crippen molar-refractivity contribution in [2.24, 2.45) is 0 Å². The van der Waals surface area contributed by atoms with E-state index in [4.69, 9.17) is 4.74 Å². The molecule has 8 heteroatoms. The summed E-state index contributed by atoms with van der Waals surface area (Å²) in [7, 11) is 0. The van der Waals surface area contributed by atoms with Gasteiger partial charge in [0.2, 0.25) is 5.88 Å². The van der Waals surface area contributed by atoms with Gasteiger partial charge in [0.15, 0.2) is 5.54 Å². The Labute approximate surface area is 211 Å². The molecule has 0 spiro atoms. The van der Waals surface area contributed by atoms with E-state index < -0.39 is 5.54 Å². The Kier molecular flexibility index (Phi) is 6.49. The van der Waals surface area contributed by atoms with Crippen LogP contribution >= 0.6 is 0 Å². The van der Waals surface area contributed by atoms with E-state index in [0.29, 0.717) is 34.9 Å². The highest BCUT2D eigenvalue weighted by atomic mass is 16.5. The number of amides is 1. The van der Waals surface area contributed by atoms with Crippen LogP contribution in [0.2, 0.25) is 0 Å². The Balaban J connectivity index is 1.55. The molecule has 1 fully saturated rings. The molecule has 36 heavy (non-hydrogen) atoms. The van der Waals surface area contributed by atoms with Gasteiger partial charge in [-0.2, -0.15) is 5.26 Å². The van der Waals surface area contributed by atoms with Crippen molar-refractivity contribution in [1.82, 2.24) is 9.88 Å². The predicted octanol–water partition coefficient (Wildman–Crippen LogP) is 3.80. The number of carbonyl (C=O) groups is 1. The maximum atomic E-state index is 13.7. The molecule has 1 atom stereocenters. The van der Waals surface area contributed by atoms with Crippen LogP contribution < -0.4 is 20.3 Å². The zero-order valence-electron chi connectivity index (χ0n) is 20.6. The highest BCUT2D eigenvalue weighted by molar-refractivity contribution is 6.10. The molecule has 3 heterocycles. The summed E-state index contributed by atoms with van der Waals surface area (Å²) < 4.78 is 5.84. The quantitative estimate of drug-likeness (QED) is 0.529. The normalized spacial score (nSPS) is 19.4. The number of nitrogens with zero attached hydrogens (tertiary/aromatic N) is 4. The summed E-state index contributed by atoms with van der Waals surface area (Å²) in [5.41, 5.74) is 3.02. The molecular formula is C28H30N6O2. The number of nitriles is 1. The van der Waals surface area contributed by atoms with Crippen molar-refractivity contribution in [3.8, 4) is 11.9 Å². The van der Waals surface area contributed by atoms with E-state index in [9.17, 15) is 10.1 Å². The maximum absolute atomic E-state index is 13.7. The Morgan fingerprint density at radius 1 is 1.08 bits per heavy atom. The van der Waals surface area contributed by atoms with Gasteiger partial charge in [-0.25, -0.2) is 4.98 Å². The minimum atomic E-state index is -1.31. The van der Waals surface area contributed by atoms with Crippen molar-refractivity contribution in [3.05, 3.63) is 77.5 Å². The van der Waals surface area contributed by atoms with Crippen LogP contribution in [0.4, 0.5) is 17.1 Å². The maximum Gasteiger partial charge on any atom is 0.259 e. The molecule has 1 unspecified atom stereocenters. The van der Waals surface area contributed by atoms with Gasteiger partial charge in [-0.15, -0.1) is 0 Å². The first-order chi connectivity index (χ1) is 17.6. The molecule has 3 aromatic rings. The van der Waals surface area contributed by atoms with Gasteiger partial charge in [0.05, 0.1) is 23.8 Å². The number of ether oxygens (including phenoxy) is 1. The Morgan fingerprint density at radius 2 is 1.86 bits per heavy atom. The number of piperazine rings is 1. The summed E-state index contributed by atoms with van der Waals surface area (Å²) in [6.07, 6.45) is 1.65. The molecule has 1 amide bonds. The standard InChI is InChI=1S/C28H30N6O2/c1-3-33-14-16-34(17-15-33)22-10-8-21(9-11-22)32-28(23-6-5-13-30-26(23)36-4-2)24-18-20(19-29)7-12-25(24)31-27(28)35/h5-13,18,32H,3-4,14-17H2,1-2H3,(H,31,35). The van der Waals surface area contributed by atoms with Gasteiger partial charge in [-0.05, 0) is 68.1 Å². The first-order valence-electron chi connectivity index (χ1n) is 12.4. The predicted molar refractivity (Wildman–Crippen MR) is 140 cm³/mol. The third-order valence-electron chi connectivity index (χ3n) is 6.98. The van der Waals surface area contributed by atoms with Crippen LogP contribution in [0.15, 0.2) is 60.8 Å². The molecule has 0 bridgehead atoms. The zero-order valence-corrected chi connectivity index (χ0v) is 20.6. The van der Waals surface area contributed by atoms with Gasteiger partial charge < -0.3 is 25.2 Å². The van der Waals surface area contributed by atoms with Crippen molar-refractivity contribution >= 4 is 23.0 Å². The van der Waals surface area contributed by atoms with Crippen molar-refractivity contribution in [2.45, 2.75) is 19.4 Å². The largest absolute Gasteiger partial charge is 0.478 e. The molecule has 0 aliphatic carbocycles. The van der Waals surface area contributed by atoms with Crippen molar-refractivity contribution in [2.75, 3.05) is 54.9 Å². The molecule has 0 radical (unpaired) electrons. The number of anilines is 3.